The Morgan fingerprint density at radius 1 is 1.29 bits per heavy atom. The third-order valence-corrected chi connectivity index (χ3v) is 4.33. The molecule has 0 aliphatic carbocycles. The van der Waals surface area contributed by atoms with Crippen LogP contribution in [0.4, 0.5) is 5.69 Å². The monoisotopic (exact) mass is 339 g/mol. The van der Waals surface area contributed by atoms with E-state index in [2.05, 4.69) is 4.98 Å². The number of hydrogen-bond acceptors (Lipinski definition) is 7. The average molecular weight is 339 g/mol. The fourth-order valence-corrected chi connectivity index (χ4v) is 3.06. The summed E-state index contributed by atoms with van der Waals surface area (Å²) in [5.74, 6) is -1.01. The third kappa shape index (κ3) is 2.76. The molecule has 3 aromatic rings. The van der Waals surface area contributed by atoms with Crippen LogP contribution in [0, 0.1) is 21.4 Å². The van der Waals surface area contributed by atoms with E-state index in [0.717, 1.165) is 22.3 Å². The summed E-state index contributed by atoms with van der Waals surface area (Å²) in [7, 11) is 0. The zero-order valence-electron chi connectivity index (χ0n) is 12.0. The molecule has 7 nitrogen and oxygen atoms in total. The number of phenolic OH excluding ortho intramolecular Hbond substituents is 2. The zero-order chi connectivity index (χ0) is 17.3. The normalized spacial score (nSPS) is 11.4. The highest BCUT2D eigenvalue weighted by atomic mass is 32.1. The number of nitrogens with zero attached hydrogens (tertiary/aromatic N) is 3. The molecule has 0 spiro atoms. The highest BCUT2D eigenvalue weighted by molar-refractivity contribution is 7.19. The number of aromatic hydroxyl groups is 2. The Kier molecular flexibility index (Phi) is 3.85. The molecule has 0 aliphatic rings. The van der Waals surface area contributed by atoms with Gasteiger partial charge in [-0.3, -0.25) is 10.1 Å². The molecule has 0 fully saturated rings. The quantitative estimate of drug-likeness (QED) is 0.426. The number of phenols is 2. The van der Waals surface area contributed by atoms with Crippen LogP contribution in [0.3, 0.4) is 0 Å². The molecule has 0 atom stereocenters. The number of allylic oxidation sites excluding steroid dienone is 1. The zero-order valence-corrected chi connectivity index (χ0v) is 12.8. The molecule has 0 amide bonds. The molecule has 0 saturated heterocycles. The molecular formula is C16H9N3O4S. The molecular weight excluding hydrogens is 330 g/mol. The first-order valence-corrected chi connectivity index (χ1v) is 7.49. The summed E-state index contributed by atoms with van der Waals surface area (Å²) in [5, 5.41) is 40.1. The Morgan fingerprint density at radius 2 is 2.04 bits per heavy atom. The highest BCUT2D eigenvalue weighted by Crippen LogP contribution is 2.35. The van der Waals surface area contributed by atoms with Crippen LogP contribution in [0.25, 0.3) is 21.9 Å². The van der Waals surface area contributed by atoms with E-state index < -0.39 is 16.4 Å². The van der Waals surface area contributed by atoms with Crippen LogP contribution in [0.1, 0.15) is 10.6 Å². The minimum Gasteiger partial charge on any atom is -0.507 e. The van der Waals surface area contributed by atoms with E-state index in [1.165, 1.54) is 17.4 Å². The Bertz CT molecular complexity index is 1000. The maximum atomic E-state index is 10.9. The number of para-hydroxylation sites is 1. The van der Waals surface area contributed by atoms with E-state index in [4.69, 9.17) is 0 Å². The van der Waals surface area contributed by atoms with E-state index in [0.29, 0.717) is 5.01 Å². The van der Waals surface area contributed by atoms with Crippen molar-refractivity contribution in [2.75, 3.05) is 0 Å². The Hall–Kier alpha value is -3.44. The van der Waals surface area contributed by atoms with Crippen molar-refractivity contribution in [3.63, 3.8) is 0 Å². The van der Waals surface area contributed by atoms with Crippen LogP contribution in [0.15, 0.2) is 36.4 Å². The van der Waals surface area contributed by atoms with Crippen molar-refractivity contribution < 1.29 is 15.1 Å². The second kappa shape index (κ2) is 5.98. The van der Waals surface area contributed by atoms with E-state index >= 15 is 0 Å². The molecule has 3 rings (SSSR count). The molecule has 0 unspecified atom stereocenters. The van der Waals surface area contributed by atoms with E-state index in [-0.39, 0.29) is 16.9 Å². The number of nitriles is 1. The number of rotatable bonds is 3. The Morgan fingerprint density at radius 3 is 2.71 bits per heavy atom. The van der Waals surface area contributed by atoms with Crippen LogP contribution < -0.4 is 0 Å². The molecule has 1 aromatic heterocycles. The second-order valence-electron chi connectivity index (χ2n) is 4.81. The maximum Gasteiger partial charge on any atom is 0.311 e. The van der Waals surface area contributed by atoms with Gasteiger partial charge < -0.3 is 10.2 Å². The van der Waals surface area contributed by atoms with E-state index in [9.17, 15) is 25.6 Å². The fourth-order valence-electron chi connectivity index (χ4n) is 2.13. The summed E-state index contributed by atoms with van der Waals surface area (Å²) in [5.41, 5.74) is 0.391. The lowest BCUT2D eigenvalue weighted by atomic mass is 10.1. The molecule has 0 saturated carbocycles. The van der Waals surface area contributed by atoms with Gasteiger partial charge in [-0.05, 0) is 18.2 Å². The van der Waals surface area contributed by atoms with Gasteiger partial charge in [0.15, 0.2) is 5.75 Å². The first-order chi connectivity index (χ1) is 11.5. The van der Waals surface area contributed by atoms with Gasteiger partial charge >= 0.3 is 5.69 Å². The van der Waals surface area contributed by atoms with Gasteiger partial charge in [0.1, 0.15) is 16.8 Å². The molecule has 1 heterocycles. The lowest BCUT2D eigenvalue weighted by Crippen LogP contribution is -1.90. The number of nitro benzene ring substituents is 1. The van der Waals surface area contributed by atoms with E-state index in [1.54, 1.807) is 0 Å². The average Bonchev–Trinajstić information content (AvgIpc) is 2.97. The third-order valence-electron chi connectivity index (χ3n) is 3.27. The number of nitro groups is 1. The Balaban J connectivity index is 2.13. The van der Waals surface area contributed by atoms with Crippen LogP contribution >= 0.6 is 11.3 Å². The molecule has 0 radical (unpaired) electrons. The van der Waals surface area contributed by atoms with Crippen molar-refractivity contribution in [1.82, 2.24) is 4.98 Å². The van der Waals surface area contributed by atoms with Crippen LogP contribution in [-0.4, -0.2) is 20.1 Å². The molecule has 24 heavy (non-hydrogen) atoms. The van der Waals surface area contributed by atoms with Gasteiger partial charge in [0, 0.05) is 17.7 Å². The summed E-state index contributed by atoms with van der Waals surface area (Å²) < 4.78 is 0.898. The van der Waals surface area contributed by atoms with Crippen LogP contribution in [-0.2, 0) is 0 Å². The van der Waals surface area contributed by atoms with Gasteiger partial charge in [-0.2, -0.15) is 5.26 Å². The van der Waals surface area contributed by atoms with Gasteiger partial charge in [0.2, 0.25) is 0 Å². The first kappa shape index (κ1) is 15.5. The van der Waals surface area contributed by atoms with Gasteiger partial charge in [-0.15, -0.1) is 11.3 Å². The predicted octanol–water partition coefficient (Wildman–Crippen LogP) is 3.68. The standard InChI is InChI=1S/C16H9N3O4S/c17-8-10(16-18-11-3-1-2-4-15(11)24-16)5-9-6-12(19(22)23)14(21)7-13(9)20/h1-7,20-21H/b10-5+. The number of fused-ring (bicyclic) bond motifs is 1. The van der Waals surface area contributed by atoms with Gasteiger partial charge in [-0.1, -0.05) is 12.1 Å². The molecule has 118 valence electrons. The van der Waals surface area contributed by atoms with Crippen LogP contribution in [0.5, 0.6) is 11.5 Å². The van der Waals surface area contributed by atoms with Crippen LogP contribution in [0.2, 0.25) is 0 Å². The van der Waals surface area contributed by atoms with Crippen molar-refractivity contribution in [2.24, 2.45) is 0 Å². The molecule has 0 aliphatic heterocycles. The summed E-state index contributed by atoms with van der Waals surface area (Å²) in [6.07, 6.45) is 1.31. The summed E-state index contributed by atoms with van der Waals surface area (Å²) in [6, 6.07) is 11.2. The molecule has 2 aromatic carbocycles. The van der Waals surface area contributed by atoms with Crippen molar-refractivity contribution >= 4 is 38.9 Å². The van der Waals surface area contributed by atoms with Crippen molar-refractivity contribution in [3.05, 3.63) is 57.1 Å². The molecule has 0 bridgehead atoms. The van der Waals surface area contributed by atoms with E-state index in [1.807, 2.05) is 30.3 Å². The SMILES string of the molecule is N#C/C(=C\c1cc([N+](=O)[O-])c(O)cc1O)c1nc2ccccc2s1. The summed E-state index contributed by atoms with van der Waals surface area (Å²) in [6.45, 7) is 0. The smallest absolute Gasteiger partial charge is 0.311 e. The lowest BCUT2D eigenvalue weighted by Gasteiger charge is -2.02. The summed E-state index contributed by atoms with van der Waals surface area (Å²) in [4.78, 5) is 14.5. The largest absolute Gasteiger partial charge is 0.507 e. The fraction of sp³-hybridized carbons (Fsp3) is 0. The van der Waals surface area contributed by atoms with Crippen molar-refractivity contribution in [1.29, 1.82) is 5.26 Å². The predicted molar refractivity (Wildman–Crippen MR) is 89.5 cm³/mol. The first-order valence-electron chi connectivity index (χ1n) is 6.67. The van der Waals surface area contributed by atoms with Gasteiger partial charge in [0.05, 0.1) is 20.7 Å². The maximum absolute atomic E-state index is 10.9. The number of hydrogen-bond donors (Lipinski definition) is 2. The number of aromatic nitrogens is 1. The lowest BCUT2D eigenvalue weighted by molar-refractivity contribution is -0.385. The minimum atomic E-state index is -0.768. The summed E-state index contributed by atoms with van der Waals surface area (Å²) >= 11 is 1.30. The van der Waals surface area contributed by atoms with Gasteiger partial charge in [-0.25, -0.2) is 4.98 Å². The highest BCUT2D eigenvalue weighted by Gasteiger charge is 2.18. The second-order valence-corrected chi connectivity index (χ2v) is 5.84. The number of thiazole rings is 1. The Labute approximate surface area is 139 Å². The molecule has 2 N–H and O–H groups in total. The van der Waals surface area contributed by atoms with Gasteiger partial charge in [0.25, 0.3) is 0 Å². The topological polar surface area (TPSA) is 120 Å². The molecule has 8 heteroatoms. The minimum absolute atomic E-state index is 0.0512. The van der Waals surface area contributed by atoms with Crippen molar-refractivity contribution in [2.45, 2.75) is 0 Å². The van der Waals surface area contributed by atoms with Crippen molar-refractivity contribution in [3.8, 4) is 17.6 Å². The number of benzene rings is 2.